The van der Waals surface area contributed by atoms with Gasteiger partial charge in [-0.3, -0.25) is 9.59 Å². The van der Waals surface area contributed by atoms with Gasteiger partial charge in [0.1, 0.15) is 5.82 Å². The highest BCUT2D eigenvalue weighted by Gasteiger charge is 2.54. The number of aromatic nitrogens is 1. The van der Waals surface area contributed by atoms with Crippen molar-refractivity contribution in [2.45, 2.75) is 18.6 Å². The maximum absolute atomic E-state index is 13.4. The van der Waals surface area contributed by atoms with Crippen LogP contribution >= 0.6 is 0 Å². The molecule has 25 heavy (non-hydrogen) atoms. The molecule has 2 aliphatic rings. The number of carbonyl (C=O) groups excluding carboxylic acids is 1. The van der Waals surface area contributed by atoms with Gasteiger partial charge in [0.2, 0.25) is 5.56 Å². The molecule has 1 aromatic carbocycles. The van der Waals surface area contributed by atoms with Gasteiger partial charge >= 0.3 is 0 Å². The zero-order chi connectivity index (χ0) is 17.6. The molecule has 0 unspecified atom stereocenters. The maximum Gasteiger partial charge on any atom is 0.252 e. The van der Waals surface area contributed by atoms with E-state index in [0.717, 1.165) is 6.42 Å². The molecule has 2 N–H and O–H groups in total. The zero-order valence-electron chi connectivity index (χ0n) is 13.8. The van der Waals surface area contributed by atoms with E-state index in [4.69, 9.17) is 9.47 Å². The third kappa shape index (κ3) is 2.73. The second-order valence-corrected chi connectivity index (χ2v) is 6.64. The van der Waals surface area contributed by atoms with Crippen molar-refractivity contribution in [3.8, 4) is 0 Å². The van der Waals surface area contributed by atoms with Crippen LogP contribution in [0.4, 0.5) is 4.39 Å². The van der Waals surface area contributed by atoms with Gasteiger partial charge in [-0.15, -0.1) is 0 Å². The van der Waals surface area contributed by atoms with Crippen LogP contribution in [0.5, 0.6) is 0 Å². The van der Waals surface area contributed by atoms with Crippen molar-refractivity contribution in [2.24, 2.45) is 11.8 Å². The molecule has 1 aliphatic carbocycles. The number of carbonyl (C=O) groups is 1. The number of pyridine rings is 1. The summed E-state index contributed by atoms with van der Waals surface area (Å²) >= 11 is 0. The number of methoxy groups -OCH3 is 1. The number of ether oxygens (including phenoxy) is 2. The Bertz CT molecular complexity index is 881. The number of amides is 1. The SMILES string of the molecule is COC[C@@H]1[C@H](NC(=O)c2cc(=O)[nH]c3cc(F)ccc23)[C@@H]2CCO[C@H]12. The van der Waals surface area contributed by atoms with Crippen LogP contribution in [0.2, 0.25) is 0 Å². The summed E-state index contributed by atoms with van der Waals surface area (Å²) in [5.74, 6) is -0.424. The molecule has 2 fully saturated rings. The average Bonchev–Trinajstić information content (AvgIpc) is 3.00. The van der Waals surface area contributed by atoms with Crippen LogP contribution in [-0.4, -0.2) is 43.4 Å². The van der Waals surface area contributed by atoms with Crippen LogP contribution in [0.1, 0.15) is 16.8 Å². The van der Waals surface area contributed by atoms with Crippen molar-refractivity contribution in [1.82, 2.24) is 10.3 Å². The lowest BCUT2D eigenvalue weighted by Crippen LogP contribution is -2.62. The Morgan fingerprint density at radius 3 is 3.08 bits per heavy atom. The van der Waals surface area contributed by atoms with Crippen LogP contribution < -0.4 is 10.9 Å². The molecule has 1 aromatic heterocycles. The Morgan fingerprint density at radius 1 is 1.44 bits per heavy atom. The van der Waals surface area contributed by atoms with Crippen LogP contribution in [0.15, 0.2) is 29.1 Å². The fraction of sp³-hybridized carbons (Fsp3) is 0.444. The van der Waals surface area contributed by atoms with Gasteiger partial charge in [-0.2, -0.15) is 0 Å². The minimum absolute atomic E-state index is 0.0465. The summed E-state index contributed by atoms with van der Waals surface area (Å²) in [5, 5.41) is 3.54. The zero-order valence-corrected chi connectivity index (χ0v) is 13.8. The van der Waals surface area contributed by atoms with Gasteiger partial charge in [0, 0.05) is 43.0 Å². The number of rotatable bonds is 4. The predicted octanol–water partition coefficient (Wildman–Crippen LogP) is 1.45. The fourth-order valence-corrected chi connectivity index (χ4v) is 4.08. The second kappa shape index (κ2) is 6.24. The number of H-pyrrole nitrogens is 1. The number of hydrogen-bond acceptors (Lipinski definition) is 4. The maximum atomic E-state index is 13.4. The Balaban J connectivity index is 1.63. The van der Waals surface area contributed by atoms with E-state index in [1.54, 1.807) is 7.11 Å². The summed E-state index contributed by atoms with van der Waals surface area (Å²) in [5.41, 5.74) is 0.117. The second-order valence-electron chi connectivity index (χ2n) is 6.64. The number of aromatic amines is 1. The summed E-state index contributed by atoms with van der Waals surface area (Å²) in [6.07, 6.45) is 1.02. The minimum atomic E-state index is -0.467. The van der Waals surface area contributed by atoms with Crippen molar-refractivity contribution >= 4 is 16.8 Å². The van der Waals surface area contributed by atoms with E-state index in [0.29, 0.717) is 24.1 Å². The van der Waals surface area contributed by atoms with E-state index in [1.807, 2.05) is 0 Å². The molecule has 1 amide bonds. The number of halogens is 1. The summed E-state index contributed by atoms with van der Waals surface area (Å²) in [6, 6.07) is 5.20. The molecule has 7 heteroatoms. The van der Waals surface area contributed by atoms with Crippen molar-refractivity contribution in [3.05, 3.63) is 46.0 Å². The smallest absolute Gasteiger partial charge is 0.252 e. The third-order valence-corrected chi connectivity index (χ3v) is 5.23. The molecular weight excluding hydrogens is 327 g/mol. The summed E-state index contributed by atoms with van der Waals surface area (Å²) in [7, 11) is 1.62. The first-order chi connectivity index (χ1) is 12.1. The normalized spacial score (nSPS) is 27.8. The Labute approximate surface area is 143 Å². The van der Waals surface area contributed by atoms with Crippen LogP contribution in [-0.2, 0) is 9.47 Å². The number of hydrogen-bond donors (Lipinski definition) is 2. The molecule has 132 valence electrons. The monoisotopic (exact) mass is 346 g/mol. The lowest BCUT2D eigenvalue weighted by molar-refractivity contribution is -0.0809. The number of benzene rings is 1. The molecular formula is C18H19FN2O4. The van der Waals surface area contributed by atoms with Gasteiger partial charge < -0.3 is 19.8 Å². The molecule has 2 aromatic rings. The van der Waals surface area contributed by atoms with Gasteiger partial charge in [-0.05, 0) is 24.6 Å². The highest BCUT2D eigenvalue weighted by molar-refractivity contribution is 6.06. The van der Waals surface area contributed by atoms with Gasteiger partial charge in [-0.25, -0.2) is 4.39 Å². The molecule has 0 bridgehead atoms. The van der Waals surface area contributed by atoms with Gasteiger partial charge in [0.25, 0.3) is 5.91 Å². The van der Waals surface area contributed by atoms with E-state index in [9.17, 15) is 14.0 Å². The van der Waals surface area contributed by atoms with E-state index >= 15 is 0 Å². The molecule has 1 aliphatic heterocycles. The largest absolute Gasteiger partial charge is 0.384 e. The van der Waals surface area contributed by atoms with Crippen LogP contribution in [0, 0.1) is 17.7 Å². The fourth-order valence-electron chi connectivity index (χ4n) is 4.08. The summed E-state index contributed by atoms with van der Waals surface area (Å²) in [4.78, 5) is 27.2. The first-order valence-electron chi connectivity index (χ1n) is 8.32. The molecule has 2 heterocycles. The average molecular weight is 346 g/mol. The third-order valence-electron chi connectivity index (χ3n) is 5.23. The first-order valence-corrected chi connectivity index (χ1v) is 8.32. The topological polar surface area (TPSA) is 80.4 Å². The van der Waals surface area contributed by atoms with E-state index in [1.165, 1.54) is 24.3 Å². The summed E-state index contributed by atoms with van der Waals surface area (Å²) in [6.45, 7) is 1.20. The van der Waals surface area contributed by atoms with Crippen molar-refractivity contribution < 1.29 is 18.7 Å². The Hall–Kier alpha value is -2.25. The highest BCUT2D eigenvalue weighted by Crippen LogP contribution is 2.43. The lowest BCUT2D eigenvalue weighted by Gasteiger charge is -2.47. The van der Waals surface area contributed by atoms with Crippen molar-refractivity contribution in [3.63, 3.8) is 0 Å². The molecule has 1 saturated heterocycles. The molecule has 0 radical (unpaired) electrons. The Morgan fingerprint density at radius 2 is 2.28 bits per heavy atom. The summed E-state index contributed by atoms with van der Waals surface area (Å²) < 4.78 is 24.4. The van der Waals surface area contributed by atoms with Crippen molar-refractivity contribution in [1.29, 1.82) is 0 Å². The predicted molar refractivity (Wildman–Crippen MR) is 89.0 cm³/mol. The van der Waals surface area contributed by atoms with Crippen LogP contribution in [0.3, 0.4) is 0 Å². The highest BCUT2D eigenvalue weighted by atomic mass is 19.1. The standard InChI is InChI=1S/C18H19FN2O4/c1-24-8-13-16(11-4-5-25-17(11)13)21-18(23)12-7-15(22)20-14-6-9(19)2-3-10(12)14/h2-3,6-7,11,13,16-17H,4-5,8H2,1H3,(H,20,22)(H,21,23)/t11-,13+,16+,17-/m0/s1. The van der Waals surface area contributed by atoms with E-state index in [2.05, 4.69) is 10.3 Å². The van der Waals surface area contributed by atoms with Gasteiger partial charge in [0.05, 0.1) is 23.8 Å². The molecule has 4 atom stereocenters. The quantitative estimate of drug-likeness (QED) is 0.878. The lowest BCUT2D eigenvalue weighted by atomic mass is 9.67. The Kier molecular flexibility index (Phi) is 4.05. The first kappa shape index (κ1) is 16.2. The molecule has 0 spiro atoms. The molecule has 1 saturated carbocycles. The number of fused-ring (bicyclic) bond motifs is 2. The molecule has 4 rings (SSSR count). The van der Waals surface area contributed by atoms with E-state index < -0.39 is 11.4 Å². The minimum Gasteiger partial charge on any atom is -0.384 e. The van der Waals surface area contributed by atoms with Crippen LogP contribution in [0.25, 0.3) is 10.9 Å². The number of nitrogens with one attached hydrogen (secondary N) is 2. The van der Waals surface area contributed by atoms with Gasteiger partial charge in [-0.1, -0.05) is 0 Å². The van der Waals surface area contributed by atoms with Gasteiger partial charge in [0.15, 0.2) is 0 Å². The van der Waals surface area contributed by atoms with Crippen molar-refractivity contribution in [2.75, 3.05) is 20.3 Å². The molecule has 6 nitrogen and oxygen atoms in total. The van der Waals surface area contributed by atoms with E-state index in [-0.39, 0.29) is 35.5 Å².